The van der Waals surface area contributed by atoms with Gasteiger partial charge in [-0.05, 0) is 25.7 Å². The monoisotopic (exact) mass is 283 g/mol. The van der Waals surface area contributed by atoms with Gasteiger partial charge >= 0.3 is 0 Å². The highest BCUT2D eigenvalue weighted by Gasteiger charge is 2.29. The first-order valence-electron chi connectivity index (χ1n) is 7.27. The predicted molar refractivity (Wildman–Crippen MR) is 91.2 cm³/mol. The molecule has 0 spiro atoms. The fourth-order valence-corrected chi connectivity index (χ4v) is 5.66. The Hall–Kier alpha value is -1.38. The minimum Gasteiger partial charge on any atom is -0.303 e. The fraction of sp³-hybridized carbons (Fsp3) is 0.333. The number of hydrogen-bond acceptors (Lipinski definition) is 1. The molecule has 0 aliphatic rings. The summed E-state index contributed by atoms with van der Waals surface area (Å²) in [5.41, 5.74) is 1.43. The quantitative estimate of drug-likeness (QED) is 0.752. The van der Waals surface area contributed by atoms with Crippen LogP contribution in [0.25, 0.3) is 0 Å². The molecule has 2 aromatic rings. The highest BCUT2D eigenvalue weighted by molar-refractivity contribution is 6.89. The van der Waals surface area contributed by atoms with Crippen LogP contribution in [0.5, 0.6) is 0 Å². The summed E-state index contributed by atoms with van der Waals surface area (Å²) in [5, 5.41) is 1.54. The molecule has 0 aliphatic heterocycles. The van der Waals surface area contributed by atoms with E-state index in [1.54, 1.807) is 5.19 Å². The van der Waals surface area contributed by atoms with Gasteiger partial charge in [0.05, 0.1) is 8.07 Å². The molecule has 0 radical (unpaired) electrons. The molecule has 0 aromatic heterocycles. The van der Waals surface area contributed by atoms with Gasteiger partial charge in [0.15, 0.2) is 0 Å². The molecule has 0 fully saturated rings. The van der Waals surface area contributed by atoms with Crippen LogP contribution in [0.2, 0.25) is 19.1 Å². The van der Waals surface area contributed by atoms with Crippen molar-refractivity contribution in [2.75, 3.05) is 14.1 Å². The minimum absolute atomic E-state index is 0.498. The Morgan fingerprint density at radius 3 is 1.85 bits per heavy atom. The Morgan fingerprint density at radius 1 is 0.850 bits per heavy atom. The lowest BCUT2D eigenvalue weighted by atomic mass is 10.1. The second-order valence-corrected chi connectivity index (χ2v) is 11.1. The highest BCUT2D eigenvalue weighted by Crippen LogP contribution is 2.28. The zero-order valence-corrected chi connectivity index (χ0v) is 14.0. The molecule has 0 N–H and O–H groups in total. The van der Waals surface area contributed by atoms with Crippen molar-refractivity contribution in [2.24, 2.45) is 0 Å². The molecule has 2 rings (SSSR count). The van der Waals surface area contributed by atoms with E-state index in [1.165, 1.54) is 11.6 Å². The van der Waals surface area contributed by atoms with E-state index in [1.807, 2.05) is 0 Å². The minimum atomic E-state index is -1.43. The molecular formula is C18H25NSi. The summed E-state index contributed by atoms with van der Waals surface area (Å²) < 4.78 is 0. The first kappa shape index (κ1) is 15.0. The van der Waals surface area contributed by atoms with Crippen molar-refractivity contribution in [1.29, 1.82) is 0 Å². The van der Waals surface area contributed by atoms with Gasteiger partial charge in [0, 0.05) is 6.04 Å². The second kappa shape index (κ2) is 6.38. The van der Waals surface area contributed by atoms with E-state index in [-0.39, 0.29) is 0 Å². The molecule has 0 heterocycles. The van der Waals surface area contributed by atoms with Crippen LogP contribution in [0.1, 0.15) is 11.6 Å². The molecule has 20 heavy (non-hydrogen) atoms. The van der Waals surface area contributed by atoms with E-state index in [0.717, 1.165) is 0 Å². The van der Waals surface area contributed by atoms with Gasteiger partial charge in [0.25, 0.3) is 0 Å². The van der Waals surface area contributed by atoms with E-state index in [0.29, 0.717) is 6.04 Å². The summed E-state index contributed by atoms with van der Waals surface area (Å²) >= 11 is 0. The largest absolute Gasteiger partial charge is 0.303 e. The van der Waals surface area contributed by atoms with Crippen LogP contribution < -0.4 is 5.19 Å². The summed E-state index contributed by atoms with van der Waals surface area (Å²) in [5.74, 6) is 0. The lowest BCUT2D eigenvalue weighted by molar-refractivity contribution is 0.319. The third-order valence-electron chi connectivity index (χ3n) is 4.07. The Kier molecular flexibility index (Phi) is 4.79. The Balaban J connectivity index is 2.25. The van der Waals surface area contributed by atoms with Crippen molar-refractivity contribution >= 4 is 13.3 Å². The maximum absolute atomic E-state index is 2.47. The summed E-state index contributed by atoms with van der Waals surface area (Å²) in [7, 11) is 2.95. The Bertz CT molecular complexity index is 520. The van der Waals surface area contributed by atoms with Gasteiger partial charge in [-0.25, -0.2) is 0 Å². The summed E-state index contributed by atoms with van der Waals surface area (Å²) in [6.45, 7) is 4.95. The second-order valence-electron chi connectivity index (χ2n) is 6.34. The average Bonchev–Trinajstić information content (AvgIpc) is 2.46. The average molecular weight is 283 g/mol. The summed E-state index contributed by atoms with van der Waals surface area (Å²) in [6.07, 6.45) is 0. The smallest absolute Gasteiger partial charge is 0.0825 e. The molecule has 1 nitrogen and oxygen atoms in total. The Labute approximate surface area is 124 Å². The highest BCUT2D eigenvalue weighted by atomic mass is 28.3. The molecule has 1 atom stereocenters. The predicted octanol–water partition coefficient (Wildman–Crippen LogP) is 3.90. The zero-order valence-electron chi connectivity index (χ0n) is 13.0. The van der Waals surface area contributed by atoms with Gasteiger partial charge in [0.2, 0.25) is 0 Å². The van der Waals surface area contributed by atoms with Crippen LogP contribution in [0.15, 0.2) is 60.7 Å². The molecule has 2 aromatic carbocycles. The maximum atomic E-state index is 2.47. The van der Waals surface area contributed by atoms with E-state index >= 15 is 0 Å². The molecular weight excluding hydrogens is 258 g/mol. The van der Waals surface area contributed by atoms with E-state index in [2.05, 4.69) is 92.8 Å². The molecule has 0 saturated carbocycles. The molecule has 0 aliphatic carbocycles. The first-order chi connectivity index (χ1) is 9.50. The van der Waals surface area contributed by atoms with Crippen molar-refractivity contribution in [1.82, 2.24) is 4.90 Å². The van der Waals surface area contributed by atoms with Crippen LogP contribution in [-0.4, -0.2) is 27.1 Å². The fourth-order valence-electron chi connectivity index (χ4n) is 2.76. The van der Waals surface area contributed by atoms with Crippen LogP contribution in [-0.2, 0) is 0 Å². The molecule has 0 amide bonds. The van der Waals surface area contributed by atoms with Crippen LogP contribution >= 0.6 is 0 Å². The molecule has 1 unspecified atom stereocenters. The number of nitrogens with zero attached hydrogens (tertiary/aromatic N) is 1. The van der Waals surface area contributed by atoms with Gasteiger partial charge in [-0.2, -0.15) is 0 Å². The van der Waals surface area contributed by atoms with Gasteiger partial charge in [0.1, 0.15) is 0 Å². The van der Waals surface area contributed by atoms with Crippen LogP contribution in [0.3, 0.4) is 0 Å². The normalized spacial score (nSPS) is 13.4. The number of rotatable bonds is 5. The molecule has 0 saturated heterocycles. The molecule has 2 heteroatoms. The van der Waals surface area contributed by atoms with Crippen molar-refractivity contribution in [3.05, 3.63) is 66.2 Å². The third-order valence-corrected chi connectivity index (χ3v) is 7.37. The van der Waals surface area contributed by atoms with Gasteiger partial charge in [-0.15, -0.1) is 0 Å². The van der Waals surface area contributed by atoms with Crippen molar-refractivity contribution in [3.63, 3.8) is 0 Å². The van der Waals surface area contributed by atoms with Crippen LogP contribution in [0, 0.1) is 0 Å². The zero-order chi connectivity index (χ0) is 14.6. The van der Waals surface area contributed by atoms with E-state index in [9.17, 15) is 0 Å². The van der Waals surface area contributed by atoms with Crippen LogP contribution in [0.4, 0.5) is 0 Å². The maximum Gasteiger partial charge on any atom is 0.0825 e. The van der Waals surface area contributed by atoms with Crippen molar-refractivity contribution in [3.8, 4) is 0 Å². The standard InChI is InChI=1S/C18H25NSi/c1-19(2)18(16-11-7-5-8-12-16)15-20(3,4)17-13-9-6-10-14-17/h5-14,18H,15H2,1-4H3. The van der Waals surface area contributed by atoms with Crippen molar-refractivity contribution < 1.29 is 0 Å². The first-order valence-corrected chi connectivity index (χ1v) is 10.5. The lowest BCUT2D eigenvalue weighted by Crippen LogP contribution is -2.44. The van der Waals surface area contributed by atoms with Gasteiger partial charge in [-0.3, -0.25) is 0 Å². The topological polar surface area (TPSA) is 3.24 Å². The van der Waals surface area contributed by atoms with E-state index in [4.69, 9.17) is 0 Å². The summed E-state index contributed by atoms with van der Waals surface area (Å²) in [4.78, 5) is 2.35. The third kappa shape index (κ3) is 3.59. The molecule has 106 valence electrons. The van der Waals surface area contributed by atoms with E-state index < -0.39 is 8.07 Å². The number of hydrogen-bond donors (Lipinski definition) is 0. The summed E-state index contributed by atoms with van der Waals surface area (Å²) in [6, 6.07) is 23.6. The lowest BCUT2D eigenvalue weighted by Gasteiger charge is -2.33. The van der Waals surface area contributed by atoms with Crippen molar-refractivity contribution in [2.45, 2.75) is 25.2 Å². The Morgan fingerprint density at radius 2 is 1.35 bits per heavy atom. The number of benzene rings is 2. The molecule has 0 bridgehead atoms. The SMILES string of the molecule is CN(C)C(C[Si](C)(C)c1ccccc1)c1ccccc1. The van der Waals surface area contributed by atoms with Gasteiger partial charge < -0.3 is 4.90 Å². The van der Waals surface area contributed by atoms with Gasteiger partial charge in [-0.1, -0.05) is 78.9 Å².